The topological polar surface area (TPSA) is 57.9 Å². The van der Waals surface area contributed by atoms with Gasteiger partial charge in [-0.05, 0) is 49.4 Å². The van der Waals surface area contributed by atoms with Crippen molar-refractivity contribution in [1.29, 1.82) is 0 Å². The summed E-state index contributed by atoms with van der Waals surface area (Å²) in [5.41, 5.74) is 9.16. The second kappa shape index (κ2) is 5.09. The summed E-state index contributed by atoms with van der Waals surface area (Å²) in [4.78, 5) is 10.6. The molecule has 4 nitrogen and oxygen atoms in total. The Balaban J connectivity index is 1.74. The Morgan fingerprint density at radius 2 is 2.15 bits per heavy atom. The average molecular weight is 272 g/mol. The van der Waals surface area contributed by atoms with Gasteiger partial charge in [-0.2, -0.15) is 0 Å². The second-order valence-corrected chi connectivity index (χ2v) is 6.13. The molecule has 0 atom stereocenters. The van der Waals surface area contributed by atoms with Crippen LogP contribution in [-0.4, -0.2) is 28.0 Å². The fourth-order valence-electron chi connectivity index (χ4n) is 3.36. The minimum atomic E-state index is 0.524. The van der Waals surface area contributed by atoms with E-state index in [-0.39, 0.29) is 0 Å². The number of anilines is 1. The van der Waals surface area contributed by atoms with E-state index in [0.717, 1.165) is 29.1 Å². The highest BCUT2D eigenvalue weighted by Gasteiger charge is 2.34. The fraction of sp³-hybridized carbons (Fsp3) is 0.562. The zero-order chi connectivity index (χ0) is 14.2. The number of hydrogen-bond donors (Lipinski definition) is 2. The van der Waals surface area contributed by atoms with Gasteiger partial charge in [0.05, 0.1) is 17.6 Å². The number of rotatable bonds is 4. The van der Waals surface area contributed by atoms with Crippen molar-refractivity contribution in [2.75, 3.05) is 18.8 Å². The molecule has 0 unspecified atom stereocenters. The Morgan fingerprint density at radius 1 is 1.35 bits per heavy atom. The molecule has 108 valence electrons. The van der Waals surface area contributed by atoms with Gasteiger partial charge in [-0.3, -0.25) is 4.90 Å². The largest absolute Gasteiger partial charge is 0.399 e. The summed E-state index contributed by atoms with van der Waals surface area (Å²) >= 11 is 0. The summed E-state index contributed by atoms with van der Waals surface area (Å²) in [7, 11) is 0. The van der Waals surface area contributed by atoms with Crippen molar-refractivity contribution in [2.45, 2.75) is 39.7 Å². The van der Waals surface area contributed by atoms with Gasteiger partial charge in [0.15, 0.2) is 0 Å². The third-order valence-corrected chi connectivity index (χ3v) is 4.95. The van der Waals surface area contributed by atoms with E-state index in [4.69, 9.17) is 5.73 Å². The van der Waals surface area contributed by atoms with Gasteiger partial charge in [0.1, 0.15) is 5.82 Å². The van der Waals surface area contributed by atoms with Crippen LogP contribution < -0.4 is 5.73 Å². The molecule has 0 bridgehead atoms. The Hall–Kier alpha value is -1.55. The van der Waals surface area contributed by atoms with Crippen molar-refractivity contribution in [3.8, 4) is 0 Å². The third kappa shape index (κ3) is 2.40. The van der Waals surface area contributed by atoms with E-state index >= 15 is 0 Å². The number of nitrogens with one attached hydrogen (secondary N) is 1. The highest BCUT2D eigenvalue weighted by atomic mass is 15.2. The number of nitrogens with two attached hydrogens (primary N) is 1. The number of benzene rings is 1. The van der Waals surface area contributed by atoms with Crippen molar-refractivity contribution >= 4 is 16.7 Å². The van der Waals surface area contributed by atoms with E-state index in [9.17, 15) is 0 Å². The van der Waals surface area contributed by atoms with Crippen LogP contribution in [0.3, 0.4) is 0 Å². The standard InChI is InChI=1S/C16H24N4/c1-3-16(4-2)7-8-20(11-16)10-15-18-13-6-5-12(17)9-14(13)19-15/h5-6,9H,3-4,7-8,10-11,17H2,1-2H3,(H,18,19). The van der Waals surface area contributed by atoms with Crippen LogP contribution in [0.5, 0.6) is 0 Å². The van der Waals surface area contributed by atoms with Crippen LogP contribution in [0.15, 0.2) is 18.2 Å². The molecule has 0 amide bonds. The lowest BCUT2D eigenvalue weighted by molar-refractivity contribution is 0.233. The van der Waals surface area contributed by atoms with Gasteiger partial charge in [-0.15, -0.1) is 0 Å². The molecular formula is C16H24N4. The van der Waals surface area contributed by atoms with E-state index in [1.807, 2.05) is 18.2 Å². The van der Waals surface area contributed by atoms with Gasteiger partial charge in [0.2, 0.25) is 0 Å². The number of nitrogen functional groups attached to an aromatic ring is 1. The Bertz CT molecular complexity index is 598. The fourth-order valence-corrected chi connectivity index (χ4v) is 3.36. The van der Waals surface area contributed by atoms with E-state index in [1.54, 1.807) is 0 Å². The van der Waals surface area contributed by atoms with E-state index in [0.29, 0.717) is 5.41 Å². The lowest BCUT2D eigenvalue weighted by Gasteiger charge is -2.26. The smallest absolute Gasteiger partial charge is 0.121 e. The molecular weight excluding hydrogens is 248 g/mol. The van der Waals surface area contributed by atoms with Gasteiger partial charge in [-0.25, -0.2) is 4.98 Å². The van der Waals surface area contributed by atoms with Crippen molar-refractivity contribution < 1.29 is 0 Å². The number of aromatic nitrogens is 2. The Kier molecular flexibility index (Phi) is 3.42. The molecule has 3 rings (SSSR count). The summed E-state index contributed by atoms with van der Waals surface area (Å²) in [6, 6.07) is 5.84. The van der Waals surface area contributed by atoms with Crippen molar-refractivity contribution in [1.82, 2.24) is 14.9 Å². The summed E-state index contributed by atoms with van der Waals surface area (Å²) in [5.74, 6) is 1.05. The molecule has 0 aliphatic carbocycles. The van der Waals surface area contributed by atoms with Crippen LogP contribution in [0, 0.1) is 5.41 Å². The first-order valence-corrected chi connectivity index (χ1v) is 7.60. The monoisotopic (exact) mass is 272 g/mol. The lowest BCUT2D eigenvalue weighted by Crippen LogP contribution is -2.26. The highest BCUT2D eigenvalue weighted by molar-refractivity contribution is 5.78. The molecule has 0 saturated carbocycles. The molecule has 20 heavy (non-hydrogen) atoms. The second-order valence-electron chi connectivity index (χ2n) is 6.13. The van der Waals surface area contributed by atoms with Crippen molar-refractivity contribution in [3.05, 3.63) is 24.0 Å². The summed E-state index contributed by atoms with van der Waals surface area (Å²) in [6.45, 7) is 7.92. The number of hydrogen-bond acceptors (Lipinski definition) is 3. The van der Waals surface area contributed by atoms with Crippen LogP contribution in [-0.2, 0) is 6.54 Å². The predicted molar refractivity (Wildman–Crippen MR) is 83.4 cm³/mol. The number of imidazole rings is 1. The first-order chi connectivity index (χ1) is 9.64. The first-order valence-electron chi connectivity index (χ1n) is 7.60. The van der Waals surface area contributed by atoms with Crippen LogP contribution in [0.1, 0.15) is 38.9 Å². The van der Waals surface area contributed by atoms with Gasteiger partial charge in [0.25, 0.3) is 0 Å². The van der Waals surface area contributed by atoms with Crippen LogP contribution in [0.25, 0.3) is 11.0 Å². The molecule has 1 aromatic carbocycles. The number of aromatic amines is 1. The van der Waals surface area contributed by atoms with Gasteiger partial charge in [0, 0.05) is 12.2 Å². The van der Waals surface area contributed by atoms with E-state index in [1.165, 1.54) is 32.4 Å². The van der Waals surface area contributed by atoms with Crippen LogP contribution in [0.2, 0.25) is 0 Å². The van der Waals surface area contributed by atoms with E-state index in [2.05, 4.69) is 28.7 Å². The molecule has 3 N–H and O–H groups in total. The highest BCUT2D eigenvalue weighted by Crippen LogP contribution is 2.37. The molecule has 1 fully saturated rings. The number of nitrogens with zero attached hydrogens (tertiary/aromatic N) is 2. The zero-order valence-electron chi connectivity index (χ0n) is 12.4. The average Bonchev–Trinajstić information content (AvgIpc) is 3.03. The normalized spacial score (nSPS) is 18.9. The Morgan fingerprint density at radius 3 is 2.85 bits per heavy atom. The molecule has 1 aliphatic rings. The maximum Gasteiger partial charge on any atom is 0.121 e. The lowest BCUT2D eigenvalue weighted by atomic mass is 9.82. The number of fused-ring (bicyclic) bond motifs is 1. The molecule has 2 heterocycles. The predicted octanol–water partition coefficient (Wildman–Crippen LogP) is 3.16. The molecule has 0 radical (unpaired) electrons. The van der Waals surface area contributed by atoms with Crippen molar-refractivity contribution in [3.63, 3.8) is 0 Å². The summed E-state index contributed by atoms with van der Waals surface area (Å²) in [6.07, 6.45) is 3.86. The maximum absolute atomic E-state index is 5.81. The van der Waals surface area contributed by atoms with Crippen molar-refractivity contribution in [2.24, 2.45) is 5.41 Å². The molecule has 1 aliphatic heterocycles. The summed E-state index contributed by atoms with van der Waals surface area (Å²) < 4.78 is 0. The molecule has 2 aromatic rings. The minimum Gasteiger partial charge on any atom is -0.399 e. The molecule has 1 aromatic heterocycles. The van der Waals surface area contributed by atoms with Crippen LogP contribution >= 0.6 is 0 Å². The van der Waals surface area contributed by atoms with Crippen LogP contribution in [0.4, 0.5) is 5.69 Å². The number of H-pyrrole nitrogens is 1. The number of likely N-dealkylation sites (tertiary alicyclic amines) is 1. The molecule has 1 saturated heterocycles. The minimum absolute atomic E-state index is 0.524. The van der Waals surface area contributed by atoms with Gasteiger partial charge >= 0.3 is 0 Å². The molecule has 0 spiro atoms. The summed E-state index contributed by atoms with van der Waals surface area (Å²) in [5, 5.41) is 0. The third-order valence-electron chi connectivity index (χ3n) is 4.95. The van der Waals surface area contributed by atoms with Gasteiger partial charge in [-0.1, -0.05) is 13.8 Å². The van der Waals surface area contributed by atoms with Gasteiger partial charge < -0.3 is 10.7 Å². The zero-order valence-corrected chi connectivity index (χ0v) is 12.4. The quantitative estimate of drug-likeness (QED) is 0.841. The maximum atomic E-state index is 5.81. The van der Waals surface area contributed by atoms with E-state index < -0.39 is 0 Å². The SMILES string of the molecule is CCC1(CC)CCN(Cc2nc3ccc(N)cc3[nH]2)C1. The molecule has 4 heteroatoms. The first kappa shape index (κ1) is 13.4. The Labute approximate surface area is 120 Å².